The van der Waals surface area contributed by atoms with Crippen molar-refractivity contribution in [1.82, 2.24) is 15.3 Å². The Morgan fingerprint density at radius 1 is 1.19 bits per heavy atom. The Kier molecular flexibility index (Phi) is 5.22. The van der Waals surface area contributed by atoms with Crippen LogP contribution in [0.15, 0.2) is 47.1 Å². The highest BCUT2D eigenvalue weighted by Crippen LogP contribution is 2.33. The fourth-order valence-electron chi connectivity index (χ4n) is 4.05. The van der Waals surface area contributed by atoms with Gasteiger partial charge in [0.25, 0.3) is 5.91 Å². The van der Waals surface area contributed by atoms with E-state index in [4.69, 9.17) is 4.42 Å². The molecule has 0 radical (unpaired) electrons. The Hall–Kier alpha value is -3.52. The van der Waals surface area contributed by atoms with Crippen molar-refractivity contribution >= 4 is 39.1 Å². The van der Waals surface area contributed by atoms with Crippen molar-refractivity contribution in [3.8, 4) is 11.6 Å². The van der Waals surface area contributed by atoms with Gasteiger partial charge in [-0.2, -0.15) is 0 Å². The number of nitrogens with zero attached hydrogens (tertiary/aromatic N) is 3. The third kappa shape index (κ3) is 3.67. The number of carbonyl (C=O) groups excluding carboxylic acids is 2. The summed E-state index contributed by atoms with van der Waals surface area (Å²) in [5.41, 5.74) is 3.59. The second-order valence-electron chi connectivity index (χ2n) is 7.84. The van der Waals surface area contributed by atoms with Crippen LogP contribution < -0.4 is 10.2 Å². The molecule has 0 atom stereocenters. The minimum absolute atomic E-state index is 0.136. The zero-order valence-electron chi connectivity index (χ0n) is 17.8. The zero-order valence-corrected chi connectivity index (χ0v) is 18.7. The second-order valence-corrected chi connectivity index (χ2v) is 8.84. The Bertz CT molecular complexity index is 1310. The van der Waals surface area contributed by atoms with Crippen molar-refractivity contribution in [1.29, 1.82) is 0 Å². The van der Waals surface area contributed by atoms with Crippen LogP contribution in [0.3, 0.4) is 0 Å². The van der Waals surface area contributed by atoms with Gasteiger partial charge in [-0.15, -0.1) is 11.3 Å². The van der Waals surface area contributed by atoms with E-state index in [1.165, 1.54) is 11.3 Å². The van der Waals surface area contributed by atoms with Crippen molar-refractivity contribution in [2.24, 2.45) is 0 Å². The molecule has 1 N–H and O–H groups in total. The molecular formula is C24H22N4O3S. The summed E-state index contributed by atoms with van der Waals surface area (Å²) in [4.78, 5) is 37.2. The largest absolute Gasteiger partial charge is 0.461 e. The number of thiophene rings is 1. The minimum atomic E-state index is -0.136. The van der Waals surface area contributed by atoms with Crippen molar-refractivity contribution in [2.75, 3.05) is 11.4 Å². The number of amides is 2. The zero-order chi connectivity index (χ0) is 22.2. The third-order valence-electron chi connectivity index (χ3n) is 5.69. The molecule has 7 nitrogen and oxygen atoms in total. The molecule has 4 heterocycles. The number of hydrogen-bond acceptors (Lipinski definition) is 6. The summed E-state index contributed by atoms with van der Waals surface area (Å²) < 4.78 is 5.42. The summed E-state index contributed by atoms with van der Waals surface area (Å²) in [5, 5.41) is 3.91. The van der Waals surface area contributed by atoms with Gasteiger partial charge in [0.1, 0.15) is 4.83 Å². The van der Waals surface area contributed by atoms with E-state index in [0.717, 1.165) is 45.7 Å². The Morgan fingerprint density at radius 3 is 2.69 bits per heavy atom. The van der Waals surface area contributed by atoms with E-state index < -0.39 is 0 Å². The first-order valence-electron chi connectivity index (χ1n) is 10.5. The van der Waals surface area contributed by atoms with Crippen LogP contribution >= 0.6 is 11.3 Å². The highest BCUT2D eigenvalue weighted by Gasteiger charge is 2.22. The normalized spacial score (nSPS) is 13.8. The fraction of sp³-hybridized carbons (Fsp3) is 0.250. The summed E-state index contributed by atoms with van der Waals surface area (Å²) >= 11 is 1.36. The standard InChI is InChI=1S/C24H22N4O3S/c1-14-20-15(2)26-22(18-5-4-12-31-18)27-24(20)32-21(14)23(30)25-13-16-7-9-17(10-8-16)28-11-3-6-19(28)29/h4-5,7-10,12H,3,6,11,13H2,1-2H3,(H,25,30). The van der Waals surface area contributed by atoms with E-state index in [1.54, 1.807) is 12.3 Å². The maximum absolute atomic E-state index is 12.9. The van der Waals surface area contributed by atoms with Crippen LogP contribution in [0.4, 0.5) is 5.69 Å². The van der Waals surface area contributed by atoms with Gasteiger partial charge < -0.3 is 14.6 Å². The number of fused-ring (bicyclic) bond motifs is 1. The number of rotatable bonds is 5. The van der Waals surface area contributed by atoms with Gasteiger partial charge in [0.05, 0.1) is 16.8 Å². The molecule has 0 bridgehead atoms. The number of benzene rings is 1. The smallest absolute Gasteiger partial charge is 0.261 e. The Labute approximate surface area is 189 Å². The number of aryl methyl sites for hydroxylation is 2. The second kappa shape index (κ2) is 8.20. The molecule has 0 aliphatic carbocycles. The molecule has 32 heavy (non-hydrogen) atoms. The van der Waals surface area contributed by atoms with Crippen molar-refractivity contribution in [2.45, 2.75) is 33.2 Å². The van der Waals surface area contributed by atoms with Gasteiger partial charge >= 0.3 is 0 Å². The van der Waals surface area contributed by atoms with Gasteiger partial charge in [0.15, 0.2) is 11.6 Å². The number of nitrogens with one attached hydrogen (secondary N) is 1. The summed E-state index contributed by atoms with van der Waals surface area (Å²) in [6.45, 7) is 5.02. The van der Waals surface area contributed by atoms with Crippen LogP contribution in [-0.2, 0) is 11.3 Å². The van der Waals surface area contributed by atoms with E-state index in [2.05, 4.69) is 15.3 Å². The molecule has 1 aromatic carbocycles. The monoisotopic (exact) mass is 446 g/mol. The predicted molar refractivity (Wildman–Crippen MR) is 124 cm³/mol. The van der Waals surface area contributed by atoms with Crippen LogP contribution in [-0.4, -0.2) is 28.3 Å². The lowest BCUT2D eigenvalue weighted by Gasteiger charge is -2.16. The highest BCUT2D eigenvalue weighted by molar-refractivity contribution is 7.20. The number of carbonyl (C=O) groups is 2. The lowest BCUT2D eigenvalue weighted by molar-refractivity contribution is -0.117. The first-order chi connectivity index (χ1) is 15.5. The Morgan fingerprint density at radius 2 is 2.00 bits per heavy atom. The molecule has 1 aliphatic heterocycles. The van der Waals surface area contributed by atoms with E-state index in [9.17, 15) is 9.59 Å². The molecule has 1 aliphatic rings. The summed E-state index contributed by atoms with van der Waals surface area (Å²) in [7, 11) is 0. The third-order valence-corrected chi connectivity index (χ3v) is 6.88. The van der Waals surface area contributed by atoms with Gasteiger partial charge in [-0.25, -0.2) is 9.97 Å². The van der Waals surface area contributed by atoms with E-state index in [1.807, 2.05) is 49.1 Å². The highest BCUT2D eigenvalue weighted by atomic mass is 32.1. The first-order valence-corrected chi connectivity index (χ1v) is 11.3. The molecule has 1 fully saturated rings. The molecular weight excluding hydrogens is 424 g/mol. The van der Waals surface area contributed by atoms with Crippen LogP contribution in [0, 0.1) is 13.8 Å². The van der Waals surface area contributed by atoms with Crippen LogP contribution in [0.2, 0.25) is 0 Å². The van der Waals surface area contributed by atoms with Gasteiger partial charge in [-0.3, -0.25) is 9.59 Å². The van der Waals surface area contributed by atoms with Gasteiger partial charge in [-0.05, 0) is 55.7 Å². The maximum atomic E-state index is 12.9. The first kappa shape index (κ1) is 20.4. The van der Waals surface area contributed by atoms with Crippen LogP contribution in [0.5, 0.6) is 0 Å². The van der Waals surface area contributed by atoms with Crippen LogP contribution in [0.25, 0.3) is 21.8 Å². The van der Waals surface area contributed by atoms with E-state index in [-0.39, 0.29) is 11.8 Å². The van der Waals surface area contributed by atoms with Crippen molar-refractivity contribution in [3.63, 3.8) is 0 Å². The van der Waals surface area contributed by atoms with E-state index >= 15 is 0 Å². The molecule has 2 amide bonds. The van der Waals surface area contributed by atoms with Gasteiger partial charge in [0.2, 0.25) is 5.91 Å². The van der Waals surface area contributed by atoms with Gasteiger partial charge in [0, 0.05) is 30.6 Å². The summed E-state index contributed by atoms with van der Waals surface area (Å²) in [6.07, 6.45) is 3.10. The number of anilines is 1. The molecule has 0 saturated carbocycles. The SMILES string of the molecule is Cc1nc(-c2ccco2)nc2sc(C(=O)NCc3ccc(N4CCCC4=O)cc3)c(C)c12. The molecule has 162 valence electrons. The molecule has 0 unspecified atom stereocenters. The topological polar surface area (TPSA) is 88.3 Å². The molecule has 0 spiro atoms. The fourth-order valence-corrected chi connectivity index (χ4v) is 5.20. The quantitative estimate of drug-likeness (QED) is 0.483. The molecule has 8 heteroatoms. The molecule has 1 saturated heterocycles. The molecule has 3 aromatic heterocycles. The summed E-state index contributed by atoms with van der Waals surface area (Å²) in [6, 6.07) is 11.4. The lowest BCUT2D eigenvalue weighted by atomic mass is 10.1. The predicted octanol–water partition coefficient (Wildman–Crippen LogP) is 4.62. The number of hydrogen-bond donors (Lipinski definition) is 1. The maximum Gasteiger partial charge on any atom is 0.261 e. The van der Waals surface area contributed by atoms with Crippen LogP contribution in [0.1, 0.15) is 39.3 Å². The summed E-state index contributed by atoms with van der Waals surface area (Å²) in [5.74, 6) is 1.15. The average molecular weight is 447 g/mol. The Balaban J connectivity index is 1.33. The van der Waals surface area contributed by atoms with E-state index in [0.29, 0.717) is 29.4 Å². The van der Waals surface area contributed by atoms with Crippen molar-refractivity contribution in [3.05, 3.63) is 64.4 Å². The van der Waals surface area contributed by atoms with Gasteiger partial charge in [-0.1, -0.05) is 12.1 Å². The van der Waals surface area contributed by atoms with Crippen molar-refractivity contribution < 1.29 is 14.0 Å². The average Bonchev–Trinajstić information content (AvgIpc) is 3.53. The number of aromatic nitrogens is 2. The lowest BCUT2D eigenvalue weighted by Crippen LogP contribution is -2.24. The minimum Gasteiger partial charge on any atom is -0.461 e. The molecule has 4 aromatic rings. The molecule has 5 rings (SSSR count). The number of furan rings is 1.